The van der Waals surface area contributed by atoms with Gasteiger partial charge in [0.25, 0.3) is 0 Å². The smallest absolute Gasteiger partial charge is 0.223 e. The molecule has 0 aromatic carbocycles. The summed E-state index contributed by atoms with van der Waals surface area (Å²) in [4.78, 5) is 47.1. The van der Waals surface area contributed by atoms with Gasteiger partial charge in [0.2, 0.25) is 23.6 Å². The minimum Gasteiger partial charge on any atom is -0.370 e. The monoisotopic (exact) mass is 328 g/mol. The topological polar surface area (TPSA) is 122 Å². The molecule has 0 aromatic rings. The Morgan fingerprint density at radius 1 is 1.00 bits per heavy atom. The van der Waals surface area contributed by atoms with E-state index in [1.807, 2.05) is 0 Å². The average molecular weight is 328 g/mol. The molecule has 0 fully saturated rings. The summed E-state index contributed by atoms with van der Waals surface area (Å²) in [6.45, 7) is 6.59. The minimum atomic E-state index is -0.536. The number of amides is 4. The van der Waals surface area contributed by atoms with Crippen molar-refractivity contribution < 1.29 is 19.2 Å². The van der Waals surface area contributed by atoms with Crippen molar-refractivity contribution in [2.24, 2.45) is 11.7 Å². The van der Waals surface area contributed by atoms with Gasteiger partial charge < -0.3 is 21.3 Å². The van der Waals surface area contributed by atoms with Crippen molar-refractivity contribution in [2.75, 3.05) is 26.2 Å². The van der Waals surface area contributed by atoms with Gasteiger partial charge in [-0.15, -0.1) is 0 Å². The lowest BCUT2D eigenvalue weighted by atomic mass is 10.2. The van der Waals surface area contributed by atoms with Crippen molar-refractivity contribution in [1.82, 2.24) is 15.5 Å². The first-order valence-electron chi connectivity index (χ1n) is 7.88. The van der Waals surface area contributed by atoms with Gasteiger partial charge in [0.05, 0.1) is 0 Å². The van der Waals surface area contributed by atoms with E-state index in [9.17, 15) is 19.2 Å². The molecule has 8 heteroatoms. The van der Waals surface area contributed by atoms with Crippen LogP contribution in [0.4, 0.5) is 0 Å². The first-order chi connectivity index (χ1) is 10.8. The number of nitrogens with two attached hydrogens (primary N) is 1. The molecular formula is C15H28N4O4. The van der Waals surface area contributed by atoms with Crippen LogP contribution in [0.1, 0.15) is 40.0 Å². The van der Waals surface area contributed by atoms with E-state index in [-0.39, 0.29) is 36.5 Å². The summed E-state index contributed by atoms with van der Waals surface area (Å²) in [7, 11) is 0. The second-order valence-corrected chi connectivity index (χ2v) is 5.50. The van der Waals surface area contributed by atoms with Crippen LogP contribution in [0.5, 0.6) is 0 Å². The molecular weight excluding hydrogens is 300 g/mol. The van der Waals surface area contributed by atoms with Crippen LogP contribution < -0.4 is 16.4 Å². The predicted octanol–water partition coefficient (Wildman–Crippen LogP) is -0.621. The molecule has 8 nitrogen and oxygen atoms in total. The van der Waals surface area contributed by atoms with E-state index in [4.69, 9.17) is 5.73 Å². The molecule has 0 unspecified atom stereocenters. The Morgan fingerprint density at radius 2 is 1.57 bits per heavy atom. The zero-order valence-corrected chi connectivity index (χ0v) is 14.2. The largest absolute Gasteiger partial charge is 0.370 e. The third kappa shape index (κ3) is 10.3. The van der Waals surface area contributed by atoms with Crippen LogP contribution in [0.3, 0.4) is 0 Å². The van der Waals surface area contributed by atoms with Gasteiger partial charge in [0, 0.05) is 51.4 Å². The molecule has 4 N–H and O–H groups in total. The number of primary amides is 1. The van der Waals surface area contributed by atoms with E-state index in [2.05, 4.69) is 10.6 Å². The summed E-state index contributed by atoms with van der Waals surface area (Å²) >= 11 is 0. The Balaban J connectivity index is 4.41. The number of rotatable bonds is 11. The van der Waals surface area contributed by atoms with Gasteiger partial charge in [0.15, 0.2) is 0 Å². The summed E-state index contributed by atoms with van der Waals surface area (Å²) < 4.78 is 0. The molecule has 0 aliphatic carbocycles. The molecule has 0 saturated heterocycles. The molecule has 0 bridgehead atoms. The molecule has 0 rings (SSSR count). The van der Waals surface area contributed by atoms with Crippen molar-refractivity contribution in [1.29, 1.82) is 0 Å². The molecule has 0 saturated carbocycles. The molecule has 0 spiro atoms. The quantitative estimate of drug-likeness (QED) is 0.468. The summed E-state index contributed by atoms with van der Waals surface area (Å²) in [5, 5.41) is 5.42. The lowest BCUT2D eigenvalue weighted by Gasteiger charge is -2.23. The van der Waals surface area contributed by atoms with Crippen LogP contribution in [0.15, 0.2) is 0 Å². The van der Waals surface area contributed by atoms with Crippen LogP contribution in [0.2, 0.25) is 0 Å². The lowest BCUT2D eigenvalue weighted by molar-refractivity contribution is -0.133. The first kappa shape index (κ1) is 20.9. The Hall–Kier alpha value is -2.12. The van der Waals surface area contributed by atoms with Gasteiger partial charge in [0.1, 0.15) is 0 Å². The van der Waals surface area contributed by atoms with Crippen molar-refractivity contribution in [3.8, 4) is 0 Å². The van der Waals surface area contributed by atoms with E-state index >= 15 is 0 Å². The molecule has 23 heavy (non-hydrogen) atoms. The molecule has 0 aliphatic rings. The number of nitrogens with one attached hydrogen (secondary N) is 2. The summed E-state index contributed by atoms with van der Waals surface area (Å²) in [6.07, 6.45) is 0.379. The standard InChI is InChI=1S/C15H28N4O4/c1-4-13(21)17-7-9-19(14(22)6-5-12(16)20)10-8-18-15(23)11(2)3/h11H,4-10H2,1-3H3,(H2,16,20)(H,17,21)(H,18,23). The zero-order valence-electron chi connectivity index (χ0n) is 14.2. The molecule has 4 amide bonds. The molecule has 0 radical (unpaired) electrons. The highest BCUT2D eigenvalue weighted by Crippen LogP contribution is 1.98. The van der Waals surface area contributed by atoms with Crippen LogP contribution >= 0.6 is 0 Å². The van der Waals surface area contributed by atoms with Crippen molar-refractivity contribution in [3.05, 3.63) is 0 Å². The minimum absolute atomic E-state index is 0.0188. The van der Waals surface area contributed by atoms with Gasteiger partial charge in [-0.1, -0.05) is 20.8 Å². The second kappa shape index (κ2) is 11.4. The molecule has 0 aromatic heterocycles. The third-order valence-electron chi connectivity index (χ3n) is 3.17. The van der Waals surface area contributed by atoms with E-state index < -0.39 is 5.91 Å². The highest BCUT2D eigenvalue weighted by atomic mass is 16.2. The first-order valence-corrected chi connectivity index (χ1v) is 7.88. The van der Waals surface area contributed by atoms with Gasteiger partial charge in [-0.2, -0.15) is 0 Å². The van der Waals surface area contributed by atoms with Crippen LogP contribution in [-0.4, -0.2) is 54.7 Å². The molecule has 132 valence electrons. The van der Waals surface area contributed by atoms with E-state index in [0.717, 1.165) is 0 Å². The van der Waals surface area contributed by atoms with Crippen molar-refractivity contribution in [3.63, 3.8) is 0 Å². The number of carbonyl (C=O) groups is 4. The molecule has 0 heterocycles. The fourth-order valence-electron chi connectivity index (χ4n) is 1.72. The summed E-state index contributed by atoms with van der Waals surface area (Å²) in [6, 6.07) is 0. The fourth-order valence-corrected chi connectivity index (χ4v) is 1.72. The van der Waals surface area contributed by atoms with Crippen molar-refractivity contribution in [2.45, 2.75) is 40.0 Å². The Labute approximate surface area is 137 Å². The number of hydrogen-bond donors (Lipinski definition) is 3. The third-order valence-corrected chi connectivity index (χ3v) is 3.17. The summed E-state index contributed by atoms with van der Waals surface area (Å²) in [5.41, 5.74) is 5.05. The Bertz CT molecular complexity index is 424. The second-order valence-electron chi connectivity index (χ2n) is 5.50. The van der Waals surface area contributed by atoms with Gasteiger partial charge in [-0.3, -0.25) is 19.2 Å². The summed E-state index contributed by atoms with van der Waals surface area (Å²) in [5.74, 6) is -1.08. The Morgan fingerprint density at radius 3 is 2.04 bits per heavy atom. The van der Waals surface area contributed by atoms with Gasteiger partial charge >= 0.3 is 0 Å². The van der Waals surface area contributed by atoms with Crippen molar-refractivity contribution >= 4 is 23.6 Å². The van der Waals surface area contributed by atoms with E-state index in [1.54, 1.807) is 20.8 Å². The average Bonchev–Trinajstić information content (AvgIpc) is 2.50. The molecule has 0 atom stereocenters. The SMILES string of the molecule is CCC(=O)NCCN(CCNC(=O)C(C)C)C(=O)CCC(N)=O. The number of carbonyl (C=O) groups excluding carboxylic acids is 4. The van der Waals surface area contributed by atoms with Gasteiger partial charge in [-0.25, -0.2) is 0 Å². The Kier molecular flexibility index (Phi) is 10.4. The number of nitrogens with zero attached hydrogens (tertiary/aromatic N) is 1. The maximum Gasteiger partial charge on any atom is 0.223 e. The van der Waals surface area contributed by atoms with Gasteiger partial charge in [-0.05, 0) is 0 Å². The molecule has 0 aliphatic heterocycles. The van der Waals surface area contributed by atoms with E-state index in [0.29, 0.717) is 32.6 Å². The lowest BCUT2D eigenvalue weighted by Crippen LogP contribution is -2.43. The zero-order chi connectivity index (χ0) is 17.8. The number of hydrogen-bond acceptors (Lipinski definition) is 4. The van der Waals surface area contributed by atoms with E-state index in [1.165, 1.54) is 4.90 Å². The maximum atomic E-state index is 12.1. The highest BCUT2D eigenvalue weighted by molar-refractivity contribution is 5.83. The normalized spacial score (nSPS) is 10.3. The van der Waals surface area contributed by atoms with Crippen LogP contribution in [0, 0.1) is 5.92 Å². The van der Waals surface area contributed by atoms with Crippen LogP contribution in [-0.2, 0) is 19.2 Å². The maximum absolute atomic E-state index is 12.1. The van der Waals surface area contributed by atoms with Crippen LogP contribution in [0.25, 0.3) is 0 Å². The predicted molar refractivity (Wildman–Crippen MR) is 86.2 cm³/mol. The highest BCUT2D eigenvalue weighted by Gasteiger charge is 2.15. The fraction of sp³-hybridized carbons (Fsp3) is 0.733.